The van der Waals surface area contributed by atoms with E-state index in [1.807, 2.05) is 22.4 Å². The van der Waals surface area contributed by atoms with Gasteiger partial charge >= 0.3 is 0 Å². The van der Waals surface area contributed by atoms with Crippen molar-refractivity contribution in [1.29, 1.82) is 0 Å². The van der Waals surface area contributed by atoms with Gasteiger partial charge in [0.2, 0.25) is 5.95 Å². The van der Waals surface area contributed by atoms with E-state index in [9.17, 15) is 0 Å². The molecule has 0 saturated heterocycles. The van der Waals surface area contributed by atoms with Gasteiger partial charge in [-0.3, -0.25) is 8.65 Å². The van der Waals surface area contributed by atoms with Gasteiger partial charge in [-0.05, 0) is 31.7 Å². The Hall–Kier alpha value is -1.24. The molecule has 3 aromatic rings. The van der Waals surface area contributed by atoms with E-state index < -0.39 is 0 Å². The van der Waals surface area contributed by atoms with Crippen LogP contribution in [0.3, 0.4) is 0 Å². The first kappa shape index (κ1) is 20.0. The van der Waals surface area contributed by atoms with E-state index in [-0.39, 0.29) is 0 Å². The third kappa shape index (κ3) is 4.34. The minimum Gasteiger partial charge on any atom is -0.383 e. The van der Waals surface area contributed by atoms with E-state index in [4.69, 9.17) is 26.3 Å². The lowest BCUT2D eigenvalue weighted by molar-refractivity contribution is 0.183. The molecular weight excluding hydrogens is 513 g/mol. The Kier molecular flexibility index (Phi) is 6.18. The number of aromatic nitrogens is 5. The summed E-state index contributed by atoms with van der Waals surface area (Å²) in [5.74, 6) is 2.03. The van der Waals surface area contributed by atoms with E-state index in [1.54, 1.807) is 20.9 Å². The molecule has 11 heteroatoms. The van der Waals surface area contributed by atoms with Crippen LogP contribution in [0.2, 0.25) is 5.15 Å². The summed E-state index contributed by atoms with van der Waals surface area (Å²) in [5, 5.41) is 12.5. The van der Waals surface area contributed by atoms with Gasteiger partial charge in [-0.15, -0.1) is 0 Å². The second-order valence-electron chi connectivity index (χ2n) is 6.83. The van der Waals surface area contributed by atoms with Crippen LogP contribution in [0, 0.1) is 5.92 Å². The van der Waals surface area contributed by atoms with E-state index in [0.29, 0.717) is 36.0 Å². The zero-order valence-corrected chi connectivity index (χ0v) is 19.3. The van der Waals surface area contributed by atoms with Crippen LogP contribution >= 0.6 is 41.9 Å². The minimum atomic E-state index is 0.374. The highest BCUT2D eigenvalue weighted by molar-refractivity contribution is 14.2. The van der Waals surface area contributed by atoms with E-state index in [1.165, 1.54) is 12.8 Å². The van der Waals surface area contributed by atoms with Crippen LogP contribution in [0.25, 0.3) is 11.0 Å². The number of anilines is 3. The lowest BCUT2D eigenvalue weighted by Crippen LogP contribution is -2.18. The highest BCUT2D eigenvalue weighted by atomic mass is 127. The summed E-state index contributed by atoms with van der Waals surface area (Å²) in [6.45, 7) is 3.39. The normalized spacial score (nSPS) is 15.1. The number of hydrogen-bond acceptors (Lipinski definition) is 7. The van der Waals surface area contributed by atoms with Crippen LogP contribution in [0.15, 0.2) is 18.5 Å². The van der Waals surface area contributed by atoms with E-state index in [0.717, 1.165) is 22.8 Å². The molecule has 1 saturated carbocycles. The van der Waals surface area contributed by atoms with Crippen molar-refractivity contribution in [2.75, 3.05) is 24.4 Å². The van der Waals surface area contributed by atoms with Crippen molar-refractivity contribution in [3.8, 4) is 0 Å². The second-order valence-corrected chi connectivity index (χ2v) is 8.90. The van der Waals surface area contributed by atoms with Crippen molar-refractivity contribution in [3.05, 3.63) is 23.6 Å². The van der Waals surface area contributed by atoms with Crippen LogP contribution in [0.5, 0.6) is 0 Å². The molecule has 1 aliphatic carbocycles. The average molecular weight is 534 g/mol. The SMILES string of the molecule is COCCn1cc(Nc2nc(N[C@@H](C)C3CC3)c3ccn(SI)c3n2)c(Cl)n1. The molecule has 3 heterocycles. The van der Waals surface area contributed by atoms with Gasteiger partial charge in [0.15, 0.2) is 10.8 Å². The van der Waals surface area contributed by atoms with Gasteiger partial charge in [-0.25, -0.2) is 0 Å². The van der Waals surface area contributed by atoms with Gasteiger partial charge in [0.05, 0.1) is 30.4 Å². The van der Waals surface area contributed by atoms with Crippen molar-refractivity contribution in [2.45, 2.75) is 32.4 Å². The van der Waals surface area contributed by atoms with Crippen LogP contribution in [-0.2, 0) is 11.3 Å². The zero-order valence-electron chi connectivity index (χ0n) is 15.5. The van der Waals surface area contributed by atoms with Crippen molar-refractivity contribution in [1.82, 2.24) is 23.7 Å². The molecule has 1 fully saturated rings. The highest BCUT2D eigenvalue weighted by Crippen LogP contribution is 2.36. The lowest BCUT2D eigenvalue weighted by Gasteiger charge is -2.15. The molecule has 8 nitrogen and oxygen atoms in total. The number of halogens is 2. The number of methoxy groups -OCH3 is 1. The van der Waals surface area contributed by atoms with Crippen LogP contribution in [-0.4, -0.2) is 43.5 Å². The summed E-state index contributed by atoms with van der Waals surface area (Å²) < 4.78 is 8.85. The summed E-state index contributed by atoms with van der Waals surface area (Å²) in [6.07, 6.45) is 6.38. The van der Waals surface area contributed by atoms with Crippen LogP contribution < -0.4 is 10.6 Å². The Balaban J connectivity index is 1.65. The van der Waals surface area contributed by atoms with Gasteiger partial charge in [0.1, 0.15) is 5.82 Å². The monoisotopic (exact) mass is 533 g/mol. The predicted molar refractivity (Wildman–Crippen MR) is 123 cm³/mol. The van der Waals surface area contributed by atoms with Crippen molar-refractivity contribution in [2.24, 2.45) is 5.92 Å². The Morgan fingerprint density at radius 3 is 2.96 bits per heavy atom. The summed E-state index contributed by atoms with van der Waals surface area (Å²) >= 11 is 8.53. The smallest absolute Gasteiger partial charge is 0.231 e. The molecule has 4 rings (SSSR count). The molecular formula is C17H21ClIN7OS. The third-order valence-corrected chi connectivity index (χ3v) is 6.76. The molecule has 28 heavy (non-hydrogen) atoms. The van der Waals surface area contributed by atoms with Gasteiger partial charge in [-0.1, -0.05) is 11.6 Å². The maximum atomic E-state index is 6.29. The maximum absolute atomic E-state index is 6.29. The number of rotatable bonds is 9. The van der Waals surface area contributed by atoms with Gasteiger partial charge in [-0.2, -0.15) is 15.1 Å². The Morgan fingerprint density at radius 1 is 1.43 bits per heavy atom. The number of nitrogens with one attached hydrogen (secondary N) is 2. The molecule has 0 bridgehead atoms. The van der Waals surface area contributed by atoms with Gasteiger partial charge < -0.3 is 15.4 Å². The second kappa shape index (κ2) is 8.64. The molecule has 2 N–H and O–H groups in total. The maximum Gasteiger partial charge on any atom is 0.231 e. The quantitative estimate of drug-likeness (QED) is 0.385. The predicted octanol–water partition coefficient (Wildman–Crippen LogP) is 4.73. The fourth-order valence-electron chi connectivity index (χ4n) is 3.04. The first-order valence-electron chi connectivity index (χ1n) is 9.02. The molecule has 0 radical (unpaired) electrons. The fourth-order valence-corrected chi connectivity index (χ4v) is 4.50. The molecule has 1 atom stereocenters. The summed E-state index contributed by atoms with van der Waals surface area (Å²) in [7, 11) is 3.22. The largest absolute Gasteiger partial charge is 0.383 e. The molecule has 0 spiro atoms. The van der Waals surface area contributed by atoms with Crippen molar-refractivity contribution in [3.63, 3.8) is 0 Å². The molecule has 3 aromatic heterocycles. The first-order valence-corrected chi connectivity index (χ1v) is 12.7. The molecule has 0 aromatic carbocycles. The summed E-state index contributed by atoms with van der Waals surface area (Å²) in [6, 6.07) is 2.42. The first-order chi connectivity index (χ1) is 13.6. The number of ether oxygens (including phenoxy) is 1. The summed E-state index contributed by atoms with van der Waals surface area (Å²) in [4.78, 5) is 9.42. The molecule has 0 unspecified atom stereocenters. The third-order valence-electron chi connectivity index (χ3n) is 4.77. The van der Waals surface area contributed by atoms with Gasteiger partial charge in [0, 0.05) is 49.7 Å². The minimum absolute atomic E-state index is 0.374. The van der Waals surface area contributed by atoms with E-state index in [2.05, 4.69) is 43.9 Å². The number of nitrogens with zero attached hydrogens (tertiary/aromatic N) is 5. The van der Waals surface area contributed by atoms with Gasteiger partial charge in [0.25, 0.3) is 0 Å². The number of hydrogen-bond donors (Lipinski definition) is 2. The Morgan fingerprint density at radius 2 is 2.25 bits per heavy atom. The highest BCUT2D eigenvalue weighted by Gasteiger charge is 2.28. The molecule has 1 aliphatic rings. The Bertz CT molecular complexity index is 974. The topological polar surface area (TPSA) is 81.8 Å². The summed E-state index contributed by atoms with van der Waals surface area (Å²) in [5.41, 5.74) is 1.52. The van der Waals surface area contributed by atoms with E-state index >= 15 is 0 Å². The molecule has 0 amide bonds. The van der Waals surface area contributed by atoms with Crippen LogP contribution in [0.1, 0.15) is 19.8 Å². The number of fused-ring (bicyclic) bond motifs is 1. The standard InChI is InChI=1S/C17H21ClIN7OS/c1-10(11-3-4-11)20-15-12-5-6-26(28-19)16(12)23-17(22-15)21-13-9-25(7-8-27-2)24-14(13)18/h5-6,9-11H,3-4,7-8H2,1-2H3,(H2,20,21,22,23)/t10-/m0/s1. The average Bonchev–Trinajstić information content (AvgIpc) is 3.37. The van der Waals surface area contributed by atoms with Crippen LogP contribution in [0.4, 0.5) is 17.5 Å². The van der Waals surface area contributed by atoms with Crippen molar-refractivity contribution < 1.29 is 4.74 Å². The lowest BCUT2D eigenvalue weighted by atomic mass is 10.2. The fraction of sp³-hybridized carbons (Fsp3) is 0.471. The van der Waals surface area contributed by atoms with Crippen molar-refractivity contribution >= 4 is 70.4 Å². The zero-order chi connectivity index (χ0) is 19.7. The Labute approximate surface area is 184 Å². The molecule has 150 valence electrons. The molecule has 0 aliphatic heterocycles.